The van der Waals surface area contributed by atoms with Crippen molar-refractivity contribution in [3.8, 4) is 0 Å². The maximum atomic E-state index is 11.3. The smallest absolute Gasteiger partial charge is 0.302 e. The molecule has 1 fully saturated rings. The first-order valence-electron chi connectivity index (χ1n) is 5.13. The molecular weight excluding hydrogens is 212 g/mol. The molecule has 90 valence electrons. The van der Waals surface area contributed by atoms with Gasteiger partial charge in [0.05, 0.1) is 6.54 Å². The number of ether oxygens (including phenoxy) is 1. The van der Waals surface area contributed by atoms with Crippen LogP contribution in [0.25, 0.3) is 0 Å². The molecule has 0 aromatic carbocycles. The first-order valence-corrected chi connectivity index (χ1v) is 5.13. The molecule has 16 heavy (non-hydrogen) atoms. The van der Waals surface area contributed by atoms with Gasteiger partial charge < -0.3 is 15.4 Å². The fourth-order valence-corrected chi connectivity index (χ4v) is 2.01. The summed E-state index contributed by atoms with van der Waals surface area (Å²) in [6.45, 7) is 3.08. The molecule has 0 radical (unpaired) electrons. The number of nitrogens with two attached hydrogens (primary N) is 1. The molecule has 1 rings (SSSR count). The van der Waals surface area contributed by atoms with Crippen molar-refractivity contribution in [3.05, 3.63) is 0 Å². The second-order valence-electron chi connectivity index (χ2n) is 3.96. The quantitative estimate of drug-likeness (QED) is 0.654. The van der Waals surface area contributed by atoms with Crippen LogP contribution in [0.2, 0.25) is 0 Å². The molecule has 2 amide bonds. The first-order chi connectivity index (χ1) is 7.40. The van der Waals surface area contributed by atoms with Gasteiger partial charge in [-0.25, -0.2) is 0 Å². The molecule has 6 heteroatoms. The van der Waals surface area contributed by atoms with Crippen molar-refractivity contribution >= 4 is 17.8 Å². The zero-order chi connectivity index (χ0) is 12.3. The fourth-order valence-electron chi connectivity index (χ4n) is 2.01. The lowest BCUT2D eigenvalue weighted by atomic mass is 10.1. The van der Waals surface area contributed by atoms with Crippen LogP contribution in [0.1, 0.15) is 26.7 Å². The van der Waals surface area contributed by atoms with Crippen molar-refractivity contribution in [2.75, 3.05) is 6.54 Å². The van der Waals surface area contributed by atoms with E-state index in [1.165, 1.54) is 18.7 Å². The summed E-state index contributed by atoms with van der Waals surface area (Å²) in [5.41, 5.74) is 5.10. The van der Waals surface area contributed by atoms with Crippen molar-refractivity contribution in [2.24, 2.45) is 5.73 Å². The molecule has 1 saturated heterocycles. The van der Waals surface area contributed by atoms with Gasteiger partial charge >= 0.3 is 5.97 Å². The van der Waals surface area contributed by atoms with E-state index in [1.54, 1.807) is 0 Å². The van der Waals surface area contributed by atoms with Gasteiger partial charge in [0.2, 0.25) is 11.8 Å². The predicted octanol–water partition coefficient (Wildman–Crippen LogP) is -0.586. The van der Waals surface area contributed by atoms with E-state index in [-0.39, 0.29) is 30.4 Å². The highest BCUT2D eigenvalue weighted by molar-refractivity contribution is 5.78. The van der Waals surface area contributed by atoms with Gasteiger partial charge in [0, 0.05) is 32.7 Å². The van der Waals surface area contributed by atoms with Crippen molar-refractivity contribution in [3.63, 3.8) is 0 Å². The Morgan fingerprint density at radius 3 is 2.44 bits per heavy atom. The molecule has 0 spiro atoms. The molecule has 0 bridgehead atoms. The standard InChI is InChI=1S/C10H16N2O4/c1-6(13)12-5-9(16-7(2)14)3-8(12)4-10(11)15/h8-9H,3-5H2,1-2H3,(H2,11,15)/t8-,9+/m1/s1. The highest BCUT2D eigenvalue weighted by atomic mass is 16.5. The average Bonchev–Trinajstić information content (AvgIpc) is 2.45. The number of hydrogen-bond acceptors (Lipinski definition) is 4. The molecule has 2 N–H and O–H groups in total. The van der Waals surface area contributed by atoms with Gasteiger partial charge in [0.25, 0.3) is 0 Å². The van der Waals surface area contributed by atoms with Crippen molar-refractivity contribution < 1.29 is 19.1 Å². The number of primary amides is 1. The Morgan fingerprint density at radius 1 is 1.38 bits per heavy atom. The number of nitrogens with zero attached hydrogens (tertiary/aromatic N) is 1. The highest BCUT2D eigenvalue weighted by Gasteiger charge is 2.36. The summed E-state index contributed by atoms with van der Waals surface area (Å²) < 4.78 is 5.02. The van der Waals surface area contributed by atoms with Gasteiger partial charge in [-0.2, -0.15) is 0 Å². The molecule has 0 unspecified atom stereocenters. The van der Waals surface area contributed by atoms with Crippen molar-refractivity contribution in [1.82, 2.24) is 4.90 Å². The number of carbonyl (C=O) groups is 3. The third kappa shape index (κ3) is 3.22. The molecule has 1 aliphatic rings. The minimum atomic E-state index is -0.459. The largest absolute Gasteiger partial charge is 0.461 e. The van der Waals surface area contributed by atoms with Crippen LogP contribution in [0.3, 0.4) is 0 Å². The summed E-state index contributed by atoms with van der Waals surface area (Å²) in [5.74, 6) is -0.978. The topological polar surface area (TPSA) is 89.7 Å². The number of esters is 1. The molecular formula is C10H16N2O4. The third-order valence-corrected chi connectivity index (χ3v) is 2.55. The summed E-state index contributed by atoms with van der Waals surface area (Å²) in [4.78, 5) is 34.4. The first kappa shape index (κ1) is 12.5. The van der Waals surface area contributed by atoms with Gasteiger partial charge in [-0.3, -0.25) is 14.4 Å². The molecule has 1 aliphatic heterocycles. The van der Waals surface area contributed by atoms with Crippen LogP contribution in [0.15, 0.2) is 0 Å². The van der Waals surface area contributed by atoms with Crippen LogP contribution in [0.5, 0.6) is 0 Å². The lowest BCUT2D eigenvalue weighted by Crippen LogP contribution is -2.36. The van der Waals surface area contributed by atoms with Gasteiger partial charge in [-0.1, -0.05) is 0 Å². The van der Waals surface area contributed by atoms with Gasteiger partial charge in [0.15, 0.2) is 0 Å². The number of rotatable bonds is 3. The van der Waals surface area contributed by atoms with Gasteiger partial charge in [-0.15, -0.1) is 0 Å². The molecule has 1 heterocycles. The Kier molecular flexibility index (Phi) is 3.87. The van der Waals surface area contributed by atoms with E-state index in [0.717, 1.165) is 0 Å². The normalized spacial score (nSPS) is 24.2. The van der Waals surface area contributed by atoms with Gasteiger partial charge in [0.1, 0.15) is 6.10 Å². The molecule has 0 saturated carbocycles. The summed E-state index contributed by atoms with van der Waals surface area (Å²) in [6, 6.07) is -0.251. The summed E-state index contributed by atoms with van der Waals surface area (Å²) in [6.07, 6.45) is 0.255. The molecule has 2 atom stereocenters. The van der Waals surface area contributed by atoms with Crippen molar-refractivity contribution in [2.45, 2.75) is 38.8 Å². The number of amides is 2. The van der Waals surface area contributed by atoms with E-state index >= 15 is 0 Å². The summed E-state index contributed by atoms with van der Waals surface area (Å²) in [5, 5.41) is 0. The van der Waals surface area contributed by atoms with E-state index in [0.29, 0.717) is 13.0 Å². The van der Waals surface area contributed by atoms with Crippen molar-refractivity contribution in [1.29, 1.82) is 0 Å². The predicted molar refractivity (Wildman–Crippen MR) is 55.2 cm³/mol. The Labute approximate surface area is 93.7 Å². The Hall–Kier alpha value is -1.59. The third-order valence-electron chi connectivity index (χ3n) is 2.55. The minimum absolute atomic E-state index is 0.108. The average molecular weight is 228 g/mol. The zero-order valence-electron chi connectivity index (χ0n) is 9.43. The maximum absolute atomic E-state index is 11.3. The molecule has 0 aromatic heterocycles. The van der Waals surface area contributed by atoms with Crippen LogP contribution in [0, 0.1) is 0 Å². The zero-order valence-corrected chi connectivity index (χ0v) is 9.43. The Balaban J connectivity index is 2.64. The summed E-state index contributed by atoms with van der Waals surface area (Å²) >= 11 is 0. The van der Waals surface area contributed by atoms with E-state index in [1.807, 2.05) is 0 Å². The molecule has 0 aromatic rings. The van der Waals surface area contributed by atoms with Crippen LogP contribution in [0.4, 0.5) is 0 Å². The van der Waals surface area contributed by atoms with Crippen LogP contribution in [-0.4, -0.2) is 41.4 Å². The van der Waals surface area contributed by atoms with Crippen LogP contribution < -0.4 is 5.73 Å². The maximum Gasteiger partial charge on any atom is 0.302 e. The monoisotopic (exact) mass is 228 g/mol. The Morgan fingerprint density at radius 2 is 2.00 bits per heavy atom. The van der Waals surface area contributed by atoms with Crippen LogP contribution >= 0.6 is 0 Å². The SMILES string of the molecule is CC(=O)O[C@H]1C[C@H](CC(N)=O)N(C(C)=O)C1. The minimum Gasteiger partial charge on any atom is -0.461 e. The number of carbonyl (C=O) groups excluding carboxylic acids is 3. The highest BCUT2D eigenvalue weighted by Crippen LogP contribution is 2.22. The van der Waals surface area contributed by atoms with Crippen LogP contribution in [-0.2, 0) is 19.1 Å². The Bertz CT molecular complexity index is 316. The van der Waals surface area contributed by atoms with E-state index in [2.05, 4.69) is 0 Å². The fraction of sp³-hybridized carbons (Fsp3) is 0.700. The summed E-state index contributed by atoms with van der Waals surface area (Å²) in [7, 11) is 0. The number of likely N-dealkylation sites (tertiary alicyclic amines) is 1. The molecule has 0 aliphatic carbocycles. The van der Waals surface area contributed by atoms with E-state index in [9.17, 15) is 14.4 Å². The lowest BCUT2D eigenvalue weighted by molar-refractivity contribution is -0.146. The molecule has 6 nitrogen and oxygen atoms in total. The van der Waals surface area contributed by atoms with E-state index in [4.69, 9.17) is 10.5 Å². The second-order valence-corrected chi connectivity index (χ2v) is 3.96. The number of hydrogen-bond donors (Lipinski definition) is 1. The van der Waals surface area contributed by atoms with Gasteiger partial charge in [-0.05, 0) is 0 Å². The second kappa shape index (κ2) is 4.96. The lowest BCUT2D eigenvalue weighted by Gasteiger charge is -2.21. The van der Waals surface area contributed by atoms with E-state index < -0.39 is 5.91 Å².